The van der Waals surface area contributed by atoms with Gasteiger partial charge in [0.1, 0.15) is 5.52 Å². The van der Waals surface area contributed by atoms with E-state index in [1.165, 1.54) is 6.20 Å². The molecule has 0 bridgehead atoms. The number of rotatable bonds is 3. The molecule has 0 spiro atoms. The molecule has 108 valence electrons. The molecule has 8 nitrogen and oxygen atoms in total. The molecule has 0 saturated carbocycles. The Morgan fingerprint density at radius 3 is 2.67 bits per heavy atom. The maximum absolute atomic E-state index is 5.91. The van der Waals surface area contributed by atoms with Crippen LogP contribution in [0.15, 0.2) is 18.7 Å². The van der Waals surface area contributed by atoms with Crippen LogP contribution >= 0.6 is 0 Å². The predicted molar refractivity (Wildman–Crippen MR) is 78.9 cm³/mol. The lowest BCUT2D eigenvalue weighted by atomic mass is 10.0. The van der Waals surface area contributed by atoms with Gasteiger partial charge in [-0.15, -0.1) is 0 Å². The zero-order chi connectivity index (χ0) is 15.0. The van der Waals surface area contributed by atoms with E-state index in [1.54, 1.807) is 12.5 Å². The molecule has 3 heterocycles. The van der Waals surface area contributed by atoms with E-state index in [2.05, 4.69) is 38.8 Å². The van der Waals surface area contributed by atoms with Gasteiger partial charge in [-0.05, 0) is 5.92 Å². The van der Waals surface area contributed by atoms with Crippen LogP contribution < -0.4 is 16.2 Å². The average Bonchev–Trinajstić information content (AvgIpc) is 2.90. The number of hydrogen-bond acceptors (Lipinski definition) is 7. The molecule has 0 aliphatic carbocycles. The van der Waals surface area contributed by atoms with Crippen molar-refractivity contribution in [2.24, 2.45) is 0 Å². The summed E-state index contributed by atoms with van der Waals surface area (Å²) in [4.78, 5) is 19.2. The summed E-state index contributed by atoms with van der Waals surface area (Å²) in [6.45, 7) is 4.10. The van der Waals surface area contributed by atoms with Gasteiger partial charge in [-0.1, -0.05) is 13.8 Å². The molecule has 0 unspecified atom stereocenters. The van der Waals surface area contributed by atoms with Gasteiger partial charge in [-0.25, -0.2) is 15.0 Å². The van der Waals surface area contributed by atoms with E-state index in [0.717, 1.165) is 5.56 Å². The highest BCUT2D eigenvalue weighted by Gasteiger charge is 2.17. The number of fused-ring (bicyclic) bond motifs is 1. The molecule has 0 radical (unpaired) electrons. The van der Waals surface area contributed by atoms with Crippen molar-refractivity contribution in [1.29, 1.82) is 0 Å². The van der Waals surface area contributed by atoms with E-state index >= 15 is 0 Å². The fourth-order valence-corrected chi connectivity index (χ4v) is 1.99. The molecule has 3 aromatic rings. The first-order valence-corrected chi connectivity index (χ1v) is 6.44. The van der Waals surface area contributed by atoms with Crippen LogP contribution in [0, 0.1) is 0 Å². The van der Waals surface area contributed by atoms with Gasteiger partial charge in [-0.2, -0.15) is 4.98 Å². The first kappa shape index (κ1) is 13.1. The van der Waals surface area contributed by atoms with Crippen molar-refractivity contribution in [2.45, 2.75) is 19.8 Å². The standard InChI is InChI=1S/C13H15N7O/c1-6(2)7-3-16-12-9(18-5-19-12)10(7)21-8-4-17-13(15)20-11(8)14/h3-6H,1-2H3,(H,16,18,19)(H4,14,15,17,20). The van der Waals surface area contributed by atoms with Gasteiger partial charge < -0.3 is 21.2 Å². The average molecular weight is 285 g/mol. The van der Waals surface area contributed by atoms with Gasteiger partial charge in [-0.3, -0.25) is 0 Å². The van der Waals surface area contributed by atoms with E-state index in [4.69, 9.17) is 16.2 Å². The van der Waals surface area contributed by atoms with Gasteiger partial charge in [0.15, 0.2) is 23.0 Å². The summed E-state index contributed by atoms with van der Waals surface area (Å²) in [6.07, 6.45) is 4.76. The van der Waals surface area contributed by atoms with Crippen molar-refractivity contribution in [3.63, 3.8) is 0 Å². The molecule has 0 saturated heterocycles. The summed E-state index contributed by atoms with van der Waals surface area (Å²) in [7, 11) is 0. The molecule has 0 aliphatic rings. The largest absolute Gasteiger partial charge is 0.449 e. The molecule has 21 heavy (non-hydrogen) atoms. The zero-order valence-electron chi connectivity index (χ0n) is 11.7. The monoisotopic (exact) mass is 285 g/mol. The number of nitrogens with two attached hydrogens (primary N) is 2. The van der Waals surface area contributed by atoms with Crippen LogP contribution in [0.3, 0.4) is 0 Å². The second-order valence-corrected chi connectivity index (χ2v) is 4.88. The summed E-state index contributed by atoms with van der Waals surface area (Å²) in [5, 5.41) is 0. The van der Waals surface area contributed by atoms with E-state index in [-0.39, 0.29) is 17.7 Å². The minimum Gasteiger partial charge on any atom is -0.449 e. The van der Waals surface area contributed by atoms with Crippen molar-refractivity contribution in [3.8, 4) is 11.5 Å². The summed E-state index contributed by atoms with van der Waals surface area (Å²) in [5.41, 5.74) is 13.5. The molecule has 0 amide bonds. The Hall–Kier alpha value is -2.90. The highest BCUT2D eigenvalue weighted by atomic mass is 16.5. The highest BCUT2D eigenvalue weighted by Crippen LogP contribution is 2.36. The molecular weight excluding hydrogens is 270 g/mol. The molecule has 0 aromatic carbocycles. The number of pyridine rings is 1. The maximum atomic E-state index is 5.91. The number of aromatic amines is 1. The Labute approximate surface area is 120 Å². The molecule has 5 N–H and O–H groups in total. The number of nitrogen functional groups attached to an aromatic ring is 2. The first-order valence-electron chi connectivity index (χ1n) is 6.44. The zero-order valence-corrected chi connectivity index (χ0v) is 11.7. The lowest BCUT2D eigenvalue weighted by Gasteiger charge is -2.14. The topological polar surface area (TPSA) is 129 Å². The Bertz CT molecular complexity index is 796. The number of H-pyrrole nitrogens is 1. The smallest absolute Gasteiger partial charge is 0.222 e. The third-order valence-electron chi connectivity index (χ3n) is 3.07. The first-order chi connectivity index (χ1) is 10.1. The number of nitrogens with one attached hydrogen (secondary N) is 1. The Morgan fingerprint density at radius 1 is 1.14 bits per heavy atom. The molecule has 3 rings (SSSR count). The van der Waals surface area contributed by atoms with Crippen molar-refractivity contribution in [3.05, 3.63) is 24.3 Å². The summed E-state index contributed by atoms with van der Waals surface area (Å²) < 4.78 is 5.91. The van der Waals surface area contributed by atoms with Gasteiger partial charge >= 0.3 is 0 Å². The van der Waals surface area contributed by atoms with Crippen molar-refractivity contribution < 1.29 is 4.74 Å². The van der Waals surface area contributed by atoms with Crippen molar-refractivity contribution >= 4 is 22.9 Å². The second-order valence-electron chi connectivity index (χ2n) is 4.88. The van der Waals surface area contributed by atoms with Crippen LogP contribution in [0.5, 0.6) is 11.5 Å². The second kappa shape index (κ2) is 4.89. The normalized spacial score (nSPS) is 11.2. The van der Waals surface area contributed by atoms with Crippen LogP contribution in [0.25, 0.3) is 11.2 Å². The number of ether oxygens (including phenoxy) is 1. The summed E-state index contributed by atoms with van der Waals surface area (Å²) in [5.74, 6) is 1.46. The van der Waals surface area contributed by atoms with Crippen LogP contribution in [0.4, 0.5) is 11.8 Å². The Balaban J connectivity index is 2.14. The van der Waals surface area contributed by atoms with Gasteiger partial charge in [0.2, 0.25) is 5.95 Å². The fourth-order valence-electron chi connectivity index (χ4n) is 1.99. The maximum Gasteiger partial charge on any atom is 0.222 e. The lowest BCUT2D eigenvalue weighted by Crippen LogP contribution is -2.03. The SMILES string of the molecule is CC(C)c1cnc2nc[nH]c2c1Oc1cnc(N)nc1N. The Morgan fingerprint density at radius 2 is 1.95 bits per heavy atom. The summed E-state index contributed by atoms with van der Waals surface area (Å²) >= 11 is 0. The quantitative estimate of drug-likeness (QED) is 0.669. The molecular formula is C13H15N7O. The van der Waals surface area contributed by atoms with E-state index < -0.39 is 0 Å². The lowest BCUT2D eigenvalue weighted by molar-refractivity contribution is 0.475. The van der Waals surface area contributed by atoms with Crippen LogP contribution in [-0.2, 0) is 0 Å². The minimum absolute atomic E-state index is 0.102. The number of nitrogens with zero attached hydrogens (tertiary/aromatic N) is 4. The van der Waals surface area contributed by atoms with Gasteiger partial charge in [0.25, 0.3) is 0 Å². The van der Waals surface area contributed by atoms with Gasteiger partial charge in [0, 0.05) is 11.8 Å². The number of hydrogen-bond donors (Lipinski definition) is 3. The molecule has 0 atom stereocenters. The van der Waals surface area contributed by atoms with E-state index in [0.29, 0.717) is 22.7 Å². The third-order valence-corrected chi connectivity index (χ3v) is 3.07. The molecule has 0 aliphatic heterocycles. The van der Waals surface area contributed by atoms with Crippen LogP contribution in [0.1, 0.15) is 25.3 Å². The van der Waals surface area contributed by atoms with Crippen LogP contribution in [0.2, 0.25) is 0 Å². The highest BCUT2D eigenvalue weighted by molar-refractivity contribution is 5.80. The fraction of sp³-hybridized carbons (Fsp3) is 0.231. The minimum atomic E-state index is 0.102. The van der Waals surface area contributed by atoms with E-state index in [9.17, 15) is 0 Å². The van der Waals surface area contributed by atoms with Crippen LogP contribution in [-0.4, -0.2) is 24.9 Å². The molecule has 0 fully saturated rings. The number of anilines is 2. The molecule has 3 aromatic heterocycles. The summed E-state index contributed by atoms with van der Waals surface area (Å²) in [6, 6.07) is 0. The Kier molecular flexibility index (Phi) is 3.05. The number of aromatic nitrogens is 5. The predicted octanol–water partition coefficient (Wildman–Crippen LogP) is 1.83. The number of imidazole rings is 1. The van der Waals surface area contributed by atoms with Crippen molar-refractivity contribution in [2.75, 3.05) is 11.5 Å². The van der Waals surface area contributed by atoms with E-state index in [1.807, 2.05) is 0 Å². The molecule has 8 heteroatoms. The van der Waals surface area contributed by atoms with Crippen molar-refractivity contribution in [1.82, 2.24) is 24.9 Å². The third kappa shape index (κ3) is 2.31. The van der Waals surface area contributed by atoms with Gasteiger partial charge in [0.05, 0.1) is 12.5 Å².